The van der Waals surface area contributed by atoms with E-state index in [0.717, 1.165) is 12.1 Å². The van der Waals surface area contributed by atoms with Gasteiger partial charge in [0.15, 0.2) is 17.5 Å². The Bertz CT molecular complexity index is 662. The van der Waals surface area contributed by atoms with Gasteiger partial charge < -0.3 is 5.32 Å². The summed E-state index contributed by atoms with van der Waals surface area (Å²) in [6.07, 6.45) is 1.32. The summed E-state index contributed by atoms with van der Waals surface area (Å²) in [4.78, 5) is 3.85. The average Bonchev–Trinajstić information content (AvgIpc) is 2.35. The molecule has 0 radical (unpaired) electrons. The maximum absolute atomic E-state index is 13.6. The first-order valence-electron chi connectivity index (χ1n) is 4.99. The molecular weight excluding hydrogens is 340 g/mol. The zero-order valence-corrected chi connectivity index (χ0v) is 11.6. The lowest BCUT2D eigenvalue weighted by atomic mass is 10.2. The summed E-state index contributed by atoms with van der Waals surface area (Å²) in [5.41, 5.74) is -0.218. The Morgan fingerprint density at radius 2 is 1.95 bits per heavy atom. The third-order valence-corrected chi connectivity index (χ3v) is 3.10. The van der Waals surface area contributed by atoms with Crippen LogP contribution in [0.2, 0.25) is 5.02 Å². The van der Waals surface area contributed by atoms with E-state index in [1.807, 2.05) is 6.07 Å². The number of nitrogens with zero attached hydrogens (tertiary/aromatic N) is 2. The number of pyridine rings is 1. The van der Waals surface area contributed by atoms with Gasteiger partial charge in [-0.05, 0) is 18.2 Å². The van der Waals surface area contributed by atoms with Gasteiger partial charge >= 0.3 is 0 Å². The van der Waals surface area contributed by atoms with Crippen LogP contribution in [0.15, 0.2) is 28.9 Å². The molecule has 0 amide bonds. The van der Waals surface area contributed by atoms with Crippen LogP contribution in [0.25, 0.3) is 0 Å². The smallest absolute Gasteiger partial charge is 0.150 e. The molecule has 0 saturated carbocycles. The zero-order chi connectivity index (χ0) is 14.0. The molecule has 0 aliphatic heterocycles. The van der Waals surface area contributed by atoms with Crippen LogP contribution in [-0.4, -0.2) is 4.98 Å². The topological polar surface area (TPSA) is 48.7 Å². The maximum Gasteiger partial charge on any atom is 0.150 e. The van der Waals surface area contributed by atoms with Crippen molar-refractivity contribution in [3.63, 3.8) is 0 Å². The number of aromatic nitrogens is 1. The number of anilines is 2. The number of rotatable bonds is 2. The Labute approximate surface area is 121 Å². The molecule has 1 N–H and O–H groups in total. The molecule has 2 aromatic rings. The van der Waals surface area contributed by atoms with E-state index in [1.165, 1.54) is 12.3 Å². The summed E-state index contributed by atoms with van der Waals surface area (Å²) in [6.45, 7) is 0. The van der Waals surface area contributed by atoms with E-state index in [1.54, 1.807) is 0 Å². The fourth-order valence-electron chi connectivity index (χ4n) is 1.40. The van der Waals surface area contributed by atoms with Gasteiger partial charge in [-0.3, -0.25) is 0 Å². The normalized spacial score (nSPS) is 10.1. The van der Waals surface area contributed by atoms with E-state index in [2.05, 4.69) is 26.2 Å². The van der Waals surface area contributed by atoms with Crippen LogP contribution in [-0.2, 0) is 0 Å². The van der Waals surface area contributed by atoms with Crippen molar-refractivity contribution in [1.29, 1.82) is 5.26 Å². The molecule has 0 saturated heterocycles. The van der Waals surface area contributed by atoms with E-state index in [9.17, 15) is 8.78 Å². The van der Waals surface area contributed by atoms with Crippen molar-refractivity contribution in [2.45, 2.75) is 0 Å². The predicted octanol–water partition coefficient (Wildman–Crippen LogP) is 4.39. The Morgan fingerprint density at radius 1 is 1.32 bits per heavy atom. The lowest BCUT2D eigenvalue weighted by molar-refractivity contribution is 0.589. The minimum absolute atomic E-state index is 0.00622. The number of nitriles is 1. The first-order chi connectivity index (χ1) is 9.02. The van der Waals surface area contributed by atoms with Gasteiger partial charge in [-0.25, -0.2) is 13.8 Å². The minimum Gasteiger partial charge on any atom is -0.334 e. The van der Waals surface area contributed by atoms with Crippen LogP contribution in [0.4, 0.5) is 20.3 Å². The van der Waals surface area contributed by atoms with Crippen LogP contribution >= 0.6 is 27.5 Å². The van der Waals surface area contributed by atoms with Gasteiger partial charge in [0.2, 0.25) is 0 Å². The zero-order valence-electron chi connectivity index (χ0n) is 9.22. The van der Waals surface area contributed by atoms with Crippen molar-refractivity contribution in [1.82, 2.24) is 4.98 Å². The number of nitrogens with one attached hydrogen (secondary N) is 1. The molecule has 0 aliphatic rings. The molecule has 1 aromatic carbocycles. The van der Waals surface area contributed by atoms with E-state index in [4.69, 9.17) is 16.9 Å². The van der Waals surface area contributed by atoms with Crippen LogP contribution in [0.5, 0.6) is 0 Å². The lowest BCUT2D eigenvalue weighted by Gasteiger charge is -2.10. The molecule has 0 fully saturated rings. The SMILES string of the molecule is N#Cc1ccnc(Nc2c(F)cc(Br)cc2F)c1Cl. The van der Waals surface area contributed by atoms with Crippen molar-refractivity contribution < 1.29 is 8.78 Å². The minimum atomic E-state index is -0.799. The average molecular weight is 345 g/mol. The fraction of sp³-hybridized carbons (Fsp3) is 0. The highest BCUT2D eigenvalue weighted by molar-refractivity contribution is 9.10. The van der Waals surface area contributed by atoms with E-state index in [-0.39, 0.29) is 26.6 Å². The van der Waals surface area contributed by atoms with Crippen molar-refractivity contribution in [3.05, 3.63) is 51.1 Å². The maximum atomic E-state index is 13.6. The molecule has 3 nitrogen and oxygen atoms in total. The van der Waals surface area contributed by atoms with Crippen molar-refractivity contribution >= 4 is 39.0 Å². The largest absolute Gasteiger partial charge is 0.334 e. The van der Waals surface area contributed by atoms with Gasteiger partial charge in [0.25, 0.3) is 0 Å². The molecule has 0 unspecified atom stereocenters. The van der Waals surface area contributed by atoms with Gasteiger partial charge in [0, 0.05) is 10.7 Å². The first kappa shape index (κ1) is 13.7. The molecule has 1 heterocycles. The monoisotopic (exact) mass is 343 g/mol. The number of hydrogen-bond acceptors (Lipinski definition) is 3. The highest BCUT2D eigenvalue weighted by atomic mass is 79.9. The highest BCUT2D eigenvalue weighted by Crippen LogP contribution is 2.30. The summed E-state index contributed by atoms with van der Waals surface area (Å²) >= 11 is 8.87. The number of hydrogen-bond donors (Lipinski definition) is 1. The van der Waals surface area contributed by atoms with Gasteiger partial charge in [-0.15, -0.1) is 0 Å². The Kier molecular flexibility index (Phi) is 3.98. The third-order valence-electron chi connectivity index (χ3n) is 2.26. The summed E-state index contributed by atoms with van der Waals surface area (Å²) in [7, 11) is 0. The van der Waals surface area contributed by atoms with Crippen LogP contribution in [0.1, 0.15) is 5.56 Å². The molecule has 19 heavy (non-hydrogen) atoms. The highest BCUT2D eigenvalue weighted by Gasteiger charge is 2.14. The molecule has 96 valence electrons. The molecule has 0 atom stereocenters. The summed E-state index contributed by atoms with van der Waals surface area (Å²) < 4.78 is 27.6. The third kappa shape index (κ3) is 2.83. The molecule has 0 bridgehead atoms. The second-order valence-electron chi connectivity index (χ2n) is 3.50. The van der Waals surface area contributed by atoms with Gasteiger partial charge in [-0.2, -0.15) is 5.26 Å². The Morgan fingerprint density at radius 3 is 2.53 bits per heavy atom. The Hall–Kier alpha value is -1.71. The van der Waals surface area contributed by atoms with Gasteiger partial charge in [0.1, 0.15) is 16.8 Å². The molecule has 0 spiro atoms. The van der Waals surface area contributed by atoms with Crippen molar-refractivity contribution in [2.24, 2.45) is 0 Å². The molecule has 2 rings (SSSR count). The van der Waals surface area contributed by atoms with Crippen LogP contribution < -0.4 is 5.32 Å². The number of benzene rings is 1. The second-order valence-corrected chi connectivity index (χ2v) is 4.80. The Balaban J connectivity index is 2.46. The van der Waals surface area contributed by atoms with E-state index in [0.29, 0.717) is 0 Å². The standard InChI is InChI=1S/C12H5BrClF2N3/c13-7-3-8(15)11(9(16)4-7)19-12-10(14)6(5-17)1-2-18-12/h1-4H,(H,18,19). The summed E-state index contributed by atoms with van der Waals surface area (Å²) in [5, 5.41) is 11.3. The van der Waals surface area contributed by atoms with Crippen molar-refractivity contribution in [3.8, 4) is 6.07 Å². The molecule has 0 aliphatic carbocycles. The first-order valence-corrected chi connectivity index (χ1v) is 6.16. The van der Waals surface area contributed by atoms with Crippen molar-refractivity contribution in [2.75, 3.05) is 5.32 Å². The fourth-order valence-corrected chi connectivity index (χ4v) is 2.00. The molecule has 1 aromatic heterocycles. The second kappa shape index (κ2) is 5.51. The quantitative estimate of drug-likeness (QED) is 0.879. The van der Waals surface area contributed by atoms with Crippen LogP contribution in [0.3, 0.4) is 0 Å². The summed E-state index contributed by atoms with van der Waals surface area (Å²) in [6, 6.07) is 5.47. The number of halogens is 4. The molecular formula is C12H5BrClF2N3. The van der Waals surface area contributed by atoms with Gasteiger partial charge in [0.05, 0.1) is 5.56 Å². The lowest BCUT2D eigenvalue weighted by Crippen LogP contribution is -2.01. The van der Waals surface area contributed by atoms with E-state index < -0.39 is 11.6 Å². The van der Waals surface area contributed by atoms with Crippen LogP contribution in [0, 0.1) is 23.0 Å². The predicted molar refractivity (Wildman–Crippen MR) is 71.3 cm³/mol. The van der Waals surface area contributed by atoms with E-state index >= 15 is 0 Å². The summed E-state index contributed by atoms with van der Waals surface area (Å²) in [5.74, 6) is -1.58. The molecule has 7 heteroatoms. The van der Waals surface area contributed by atoms with Gasteiger partial charge in [-0.1, -0.05) is 27.5 Å².